The van der Waals surface area contributed by atoms with Crippen molar-refractivity contribution in [2.45, 2.75) is 83.2 Å². The zero-order valence-corrected chi connectivity index (χ0v) is 11.9. The van der Waals surface area contributed by atoms with Gasteiger partial charge in [-0.15, -0.1) is 11.8 Å². The van der Waals surface area contributed by atoms with Crippen molar-refractivity contribution in [3.05, 3.63) is 0 Å². The quantitative estimate of drug-likeness (QED) is 0.739. The summed E-state index contributed by atoms with van der Waals surface area (Å²) in [7, 11) is 0. The van der Waals surface area contributed by atoms with Gasteiger partial charge in [0.25, 0.3) is 0 Å². The number of aliphatic hydroxyl groups is 1. The minimum atomic E-state index is -0.399. The first-order chi connectivity index (χ1) is 8.76. The van der Waals surface area contributed by atoms with Gasteiger partial charge in [0.1, 0.15) is 0 Å². The maximum Gasteiger partial charge on any atom is 0.0687 e. The fourth-order valence-corrected chi connectivity index (χ4v) is 4.17. The van der Waals surface area contributed by atoms with Crippen LogP contribution < -0.4 is 0 Å². The molecule has 1 heteroatoms. The van der Waals surface area contributed by atoms with Crippen LogP contribution in [0.4, 0.5) is 0 Å². The van der Waals surface area contributed by atoms with Gasteiger partial charge in [-0.2, -0.15) is 0 Å². The molecule has 2 fully saturated rings. The molecule has 0 aliphatic heterocycles. The molecule has 0 spiro atoms. The molecular formula is C17H28O. The molecule has 0 amide bonds. The Kier molecular flexibility index (Phi) is 5.13. The molecule has 0 radical (unpaired) electrons. The van der Waals surface area contributed by atoms with Gasteiger partial charge in [-0.1, -0.05) is 44.9 Å². The van der Waals surface area contributed by atoms with Crippen LogP contribution in [-0.2, 0) is 0 Å². The number of rotatable bonds is 3. The van der Waals surface area contributed by atoms with Crippen LogP contribution in [0.2, 0.25) is 0 Å². The zero-order valence-electron chi connectivity index (χ0n) is 11.9. The van der Waals surface area contributed by atoms with Crippen molar-refractivity contribution < 1.29 is 5.11 Å². The first-order valence-corrected chi connectivity index (χ1v) is 7.88. The third-order valence-corrected chi connectivity index (χ3v) is 5.14. The second-order valence-electron chi connectivity index (χ2n) is 6.28. The molecule has 0 aromatic heterocycles. The standard InChI is InChI=1S/C17H28O/c1-2-3-8-13-17(18)14-9-7-12-16(17)15-10-5-4-6-11-15/h15-16,18H,4-14H2,1H3. The molecule has 2 rings (SSSR count). The van der Waals surface area contributed by atoms with E-state index in [-0.39, 0.29) is 0 Å². The van der Waals surface area contributed by atoms with Gasteiger partial charge in [0.05, 0.1) is 5.60 Å². The van der Waals surface area contributed by atoms with Gasteiger partial charge in [-0.3, -0.25) is 0 Å². The third-order valence-electron chi connectivity index (χ3n) is 5.14. The highest BCUT2D eigenvalue weighted by atomic mass is 16.3. The van der Waals surface area contributed by atoms with Crippen molar-refractivity contribution in [2.75, 3.05) is 0 Å². The third kappa shape index (κ3) is 3.29. The Hall–Kier alpha value is -0.480. The van der Waals surface area contributed by atoms with Crippen molar-refractivity contribution in [3.8, 4) is 11.8 Å². The van der Waals surface area contributed by atoms with Gasteiger partial charge in [-0.05, 0) is 38.0 Å². The maximum atomic E-state index is 11.0. The molecule has 1 nitrogen and oxygen atoms in total. The van der Waals surface area contributed by atoms with Gasteiger partial charge in [0.2, 0.25) is 0 Å². The fourth-order valence-electron chi connectivity index (χ4n) is 4.17. The summed E-state index contributed by atoms with van der Waals surface area (Å²) >= 11 is 0. The summed E-state index contributed by atoms with van der Waals surface area (Å²) in [5, 5.41) is 11.0. The van der Waals surface area contributed by atoms with Crippen LogP contribution in [0.1, 0.15) is 77.6 Å². The molecule has 0 aromatic carbocycles. The average molecular weight is 248 g/mol. The van der Waals surface area contributed by atoms with E-state index in [4.69, 9.17) is 0 Å². The minimum absolute atomic E-state index is 0.399. The molecule has 2 aliphatic carbocycles. The first-order valence-electron chi connectivity index (χ1n) is 7.88. The Morgan fingerprint density at radius 1 is 1.06 bits per heavy atom. The summed E-state index contributed by atoms with van der Waals surface area (Å²) < 4.78 is 0. The van der Waals surface area contributed by atoms with E-state index < -0.39 is 5.60 Å². The van der Waals surface area contributed by atoms with Crippen LogP contribution in [-0.4, -0.2) is 10.7 Å². The maximum absolute atomic E-state index is 11.0. The van der Waals surface area contributed by atoms with Crippen LogP contribution in [0.25, 0.3) is 0 Å². The molecule has 2 saturated carbocycles. The highest BCUT2D eigenvalue weighted by Gasteiger charge is 2.42. The summed E-state index contributed by atoms with van der Waals surface area (Å²) in [5.41, 5.74) is -0.399. The first kappa shape index (κ1) is 13.9. The summed E-state index contributed by atoms with van der Waals surface area (Å²) in [6, 6.07) is 0. The van der Waals surface area contributed by atoms with Gasteiger partial charge >= 0.3 is 0 Å². The van der Waals surface area contributed by atoms with Gasteiger partial charge in [0, 0.05) is 6.42 Å². The lowest BCUT2D eigenvalue weighted by molar-refractivity contribution is -0.0818. The Balaban J connectivity index is 2.00. The highest BCUT2D eigenvalue weighted by molar-refractivity contribution is 5.00. The minimum Gasteiger partial charge on any atom is -0.390 e. The van der Waals surface area contributed by atoms with Gasteiger partial charge in [0.15, 0.2) is 0 Å². The Morgan fingerprint density at radius 2 is 1.78 bits per heavy atom. The Labute approximate surface area is 112 Å². The molecule has 0 heterocycles. The van der Waals surface area contributed by atoms with Crippen LogP contribution in [0.3, 0.4) is 0 Å². The SMILES string of the molecule is CC#CCCC1(O)CCCCC1C1CCCCC1. The smallest absolute Gasteiger partial charge is 0.0687 e. The summed E-state index contributed by atoms with van der Waals surface area (Å²) in [6.07, 6.45) is 13.4. The second kappa shape index (κ2) is 6.62. The van der Waals surface area contributed by atoms with Crippen LogP contribution >= 0.6 is 0 Å². The lowest BCUT2D eigenvalue weighted by Crippen LogP contribution is -2.44. The summed E-state index contributed by atoms with van der Waals surface area (Å²) in [4.78, 5) is 0. The zero-order chi connectivity index (χ0) is 12.8. The predicted molar refractivity (Wildman–Crippen MR) is 76.2 cm³/mol. The lowest BCUT2D eigenvalue weighted by Gasteiger charge is -2.45. The van der Waals surface area contributed by atoms with Crippen LogP contribution in [0, 0.1) is 23.7 Å². The molecule has 102 valence electrons. The molecule has 18 heavy (non-hydrogen) atoms. The van der Waals surface area contributed by atoms with Crippen molar-refractivity contribution >= 4 is 0 Å². The van der Waals surface area contributed by atoms with E-state index in [0.29, 0.717) is 5.92 Å². The van der Waals surface area contributed by atoms with E-state index in [2.05, 4.69) is 11.8 Å². The van der Waals surface area contributed by atoms with Crippen molar-refractivity contribution in [1.29, 1.82) is 0 Å². The van der Waals surface area contributed by atoms with Crippen molar-refractivity contribution in [2.24, 2.45) is 11.8 Å². The van der Waals surface area contributed by atoms with Gasteiger partial charge in [-0.25, -0.2) is 0 Å². The van der Waals surface area contributed by atoms with Crippen LogP contribution in [0.5, 0.6) is 0 Å². The molecule has 1 N–H and O–H groups in total. The van der Waals surface area contributed by atoms with Crippen LogP contribution in [0.15, 0.2) is 0 Å². The molecule has 2 atom stereocenters. The second-order valence-corrected chi connectivity index (χ2v) is 6.28. The monoisotopic (exact) mass is 248 g/mol. The molecule has 2 unspecified atom stereocenters. The van der Waals surface area contributed by atoms with E-state index in [9.17, 15) is 5.11 Å². The van der Waals surface area contributed by atoms with E-state index in [1.54, 1.807) is 0 Å². The van der Waals surface area contributed by atoms with Crippen molar-refractivity contribution in [1.82, 2.24) is 0 Å². The molecule has 2 aliphatic rings. The summed E-state index contributed by atoms with van der Waals surface area (Å²) in [6.45, 7) is 1.89. The van der Waals surface area contributed by atoms with E-state index in [1.165, 1.54) is 51.4 Å². The van der Waals surface area contributed by atoms with E-state index in [1.807, 2.05) is 6.92 Å². The Morgan fingerprint density at radius 3 is 2.50 bits per heavy atom. The largest absolute Gasteiger partial charge is 0.390 e. The summed E-state index contributed by atoms with van der Waals surface area (Å²) in [5.74, 6) is 7.44. The lowest BCUT2D eigenvalue weighted by atomic mass is 9.64. The average Bonchev–Trinajstić information content (AvgIpc) is 2.40. The number of hydrogen-bond donors (Lipinski definition) is 1. The highest BCUT2D eigenvalue weighted by Crippen LogP contribution is 2.45. The van der Waals surface area contributed by atoms with E-state index in [0.717, 1.165) is 25.2 Å². The molecule has 0 saturated heterocycles. The van der Waals surface area contributed by atoms with Gasteiger partial charge < -0.3 is 5.11 Å². The number of hydrogen-bond acceptors (Lipinski definition) is 1. The Bertz CT molecular complexity index is 305. The van der Waals surface area contributed by atoms with Crippen molar-refractivity contribution in [3.63, 3.8) is 0 Å². The molecule has 0 bridgehead atoms. The fraction of sp³-hybridized carbons (Fsp3) is 0.882. The normalized spacial score (nSPS) is 33.8. The topological polar surface area (TPSA) is 20.2 Å². The predicted octanol–water partition coefficient (Wildman–Crippen LogP) is 4.29. The molecule has 0 aromatic rings. The van der Waals surface area contributed by atoms with E-state index >= 15 is 0 Å². The molecular weight excluding hydrogens is 220 g/mol.